The van der Waals surface area contributed by atoms with Crippen LogP contribution in [0.25, 0.3) is 11.0 Å². The van der Waals surface area contributed by atoms with Gasteiger partial charge < -0.3 is 10.3 Å². The Kier molecular flexibility index (Phi) is 4.80. The number of carbonyl (C=O) groups excluding carboxylic acids is 1. The van der Waals surface area contributed by atoms with E-state index in [0.717, 1.165) is 11.0 Å². The molecule has 2 aromatic carbocycles. The summed E-state index contributed by atoms with van der Waals surface area (Å²) in [5, 5.41) is 3.92. The van der Waals surface area contributed by atoms with Crippen LogP contribution in [0.15, 0.2) is 47.6 Å². The first-order valence-corrected chi connectivity index (χ1v) is 8.54. The summed E-state index contributed by atoms with van der Waals surface area (Å²) in [6.07, 6.45) is 0. The van der Waals surface area contributed by atoms with Crippen molar-refractivity contribution in [2.24, 2.45) is 0 Å². The third-order valence-corrected chi connectivity index (χ3v) is 4.85. The van der Waals surface area contributed by atoms with Gasteiger partial charge in [-0.2, -0.15) is 0 Å². The predicted octanol–water partition coefficient (Wildman–Crippen LogP) is 4.99. The fourth-order valence-corrected chi connectivity index (χ4v) is 3.36. The van der Waals surface area contributed by atoms with Crippen LogP contribution in [0.2, 0.25) is 10.0 Å². The van der Waals surface area contributed by atoms with E-state index in [1.165, 1.54) is 11.8 Å². The number of para-hydroxylation sites is 3. The number of rotatable bonds is 4. The van der Waals surface area contributed by atoms with Crippen molar-refractivity contribution >= 4 is 57.6 Å². The molecule has 1 heterocycles. The van der Waals surface area contributed by atoms with E-state index in [0.29, 0.717) is 20.9 Å². The summed E-state index contributed by atoms with van der Waals surface area (Å²) in [6, 6.07) is 12.8. The Morgan fingerprint density at radius 1 is 1.17 bits per heavy atom. The van der Waals surface area contributed by atoms with Gasteiger partial charge in [0, 0.05) is 0 Å². The SMILES string of the molecule is C[C@@H](Sc1nc2ccccc2[nH]1)C(=O)Nc1c(Cl)cccc1Cl. The van der Waals surface area contributed by atoms with Crippen molar-refractivity contribution < 1.29 is 4.79 Å². The smallest absolute Gasteiger partial charge is 0.237 e. The quantitative estimate of drug-likeness (QED) is 0.640. The molecule has 0 aliphatic heterocycles. The van der Waals surface area contributed by atoms with E-state index in [1.54, 1.807) is 25.1 Å². The van der Waals surface area contributed by atoms with Crippen LogP contribution in [0, 0.1) is 0 Å². The van der Waals surface area contributed by atoms with Crippen LogP contribution in [0.1, 0.15) is 6.92 Å². The second-order valence-corrected chi connectivity index (χ2v) is 7.05. The van der Waals surface area contributed by atoms with Crippen molar-refractivity contribution in [1.29, 1.82) is 0 Å². The van der Waals surface area contributed by atoms with Crippen molar-refractivity contribution in [3.63, 3.8) is 0 Å². The molecule has 7 heteroatoms. The van der Waals surface area contributed by atoms with Crippen LogP contribution in [0.4, 0.5) is 5.69 Å². The Balaban J connectivity index is 1.72. The van der Waals surface area contributed by atoms with Gasteiger partial charge in [0.25, 0.3) is 0 Å². The number of halogens is 2. The second kappa shape index (κ2) is 6.83. The molecule has 1 aromatic heterocycles. The number of anilines is 1. The fourth-order valence-electron chi connectivity index (χ4n) is 2.05. The van der Waals surface area contributed by atoms with Gasteiger partial charge in [-0.3, -0.25) is 4.79 Å². The number of H-pyrrole nitrogens is 1. The number of fused-ring (bicyclic) bond motifs is 1. The molecule has 1 amide bonds. The van der Waals surface area contributed by atoms with Crippen molar-refractivity contribution in [2.45, 2.75) is 17.3 Å². The molecule has 0 bridgehead atoms. The highest BCUT2D eigenvalue weighted by atomic mass is 35.5. The predicted molar refractivity (Wildman–Crippen MR) is 96.5 cm³/mol. The van der Waals surface area contributed by atoms with Gasteiger partial charge in [0.05, 0.1) is 32.0 Å². The molecule has 0 aliphatic rings. The molecule has 0 radical (unpaired) electrons. The van der Waals surface area contributed by atoms with Crippen molar-refractivity contribution in [3.8, 4) is 0 Å². The molecule has 0 spiro atoms. The summed E-state index contributed by atoms with van der Waals surface area (Å²) in [7, 11) is 0. The summed E-state index contributed by atoms with van der Waals surface area (Å²) in [5.74, 6) is -0.189. The third-order valence-electron chi connectivity index (χ3n) is 3.24. The lowest BCUT2D eigenvalue weighted by Crippen LogP contribution is -2.22. The molecule has 3 rings (SSSR count). The van der Waals surface area contributed by atoms with Crippen LogP contribution in [0.5, 0.6) is 0 Å². The molecule has 0 saturated heterocycles. The van der Waals surface area contributed by atoms with Gasteiger partial charge in [0.2, 0.25) is 5.91 Å². The Morgan fingerprint density at radius 2 is 1.87 bits per heavy atom. The number of amides is 1. The molecule has 118 valence electrons. The highest BCUT2D eigenvalue weighted by Gasteiger charge is 2.18. The third kappa shape index (κ3) is 3.63. The monoisotopic (exact) mass is 365 g/mol. The number of hydrogen-bond acceptors (Lipinski definition) is 3. The Bertz CT molecular complexity index is 812. The molecule has 2 N–H and O–H groups in total. The number of imidazole rings is 1. The van der Waals surface area contributed by atoms with E-state index in [2.05, 4.69) is 15.3 Å². The number of aromatic nitrogens is 2. The van der Waals surface area contributed by atoms with E-state index in [-0.39, 0.29) is 11.2 Å². The first-order valence-electron chi connectivity index (χ1n) is 6.91. The highest BCUT2D eigenvalue weighted by molar-refractivity contribution is 8.00. The van der Waals surface area contributed by atoms with Crippen LogP contribution >= 0.6 is 35.0 Å². The van der Waals surface area contributed by atoms with Gasteiger partial charge in [-0.15, -0.1) is 0 Å². The average Bonchev–Trinajstić information content (AvgIpc) is 2.93. The number of hydrogen-bond donors (Lipinski definition) is 2. The van der Waals surface area contributed by atoms with E-state index in [4.69, 9.17) is 23.2 Å². The Hall–Kier alpha value is -1.69. The Labute approximate surface area is 147 Å². The van der Waals surface area contributed by atoms with E-state index < -0.39 is 0 Å². The first kappa shape index (κ1) is 16.2. The number of aromatic amines is 1. The molecule has 3 aromatic rings. The van der Waals surface area contributed by atoms with Crippen molar-refractivity contribution in [2.75, 3.05) is 5.32 Å². The molecule has 4 nitrogen and oxygen atoms in total. The largest absolute Gasteiger partial charge is 0.333 e. The second-order valence-electron chi connectivity index (χ2n) is 4.91. The molecule has 0 saturated carbocycles. The molecule has 23 heavy (non-hydrogen) atoms. The van der Waals surface area contributed by atoms with Gasteiger partial charge in [0.15, 0.2) is 5.16 Å². The fraction of sp³-hybridized carbons (Fsp3) is 0.125. The zero-order valence-corrected chi connectivity index (χ0v) is 14.5. The summed E-state index contributed by atoms with van der Waals surface area (Å²) >= 11 is 13.5. The normalized spacial score (nSPS) is 12.3. The van der Waals surface area contributed by atoms with E-state index in [1.807, 2.05) is 24.3 Å². The number of carbonyl (C=O) groups is 1. The average molecular weight is 366 g/mol. The lowest BCUT2D eigenvalue weighted by Gasteiger charge is -2.12. The number of thioether (sulfide) groups is 1. The molecule has 0 unspecified atom stereocenters. The minimum Gasteiger partial charge on any atom is -0.333 e. The number of nitrogens with one attached hydrogen (secondary N) is 2. The maximum atomic E-state index is 12.3. The maximum absolute atomic E-state index is 12.3. The van der Waals surface area contributed by atoms with Crippen molar-refractivity contribution in [1.82, 2.24) is 9.97 Å². The summed E-state index contributed by atoms with van der Waals surface area (Å²) in [6.45, 7) is 1.80. The number of benzene rings is 2. The van der Waals surface area contributed by atoms with Crippen LogP contribution < -0.4 is 5.32 Å². The van der Waals surface area contributed by atoms with Gasteiger partial charge in [-0.25, -0.2) is 4.98 Å². The molecular formula is C16H13Cl2N3OS. The van der Waals surface area contributed by atoms with Gasteiger partial charge >= 0.3 is 0 Å². The molecule has 1 atom stereocenters. The summed E-state index contributed by atoms with van der Waals surface area (Å²) < 4.78 is 0. The van der Waals surface area contributed by atoms with Gasteiger partial charge in [-0.1, -0.05) is 53.2 Å². The minimum atomic E-state index is -0.358. The standard InChI is InChI=1S/C16H13Cl2N3OS/c1-9(15(22)21-14-10(17)5-4-6-11(14)18)23-16-19-12-7-2-3-8-13(12)20-16/h2-9H,1H3,(H,19,20)(H,21,22)/t9-/m1/s1. The van der Waals surface area contributed by atoms with Gasteiger partial charge in [-0.05, 0) is 31.2 Å². The van der Waals surface area contributed by atoms with Crippen LogP contribution in [0.3, 0.4) is 0 Å². The van der Waals surface area contributed by atoms with Crippen molar-refractivity contribution in [3.05, 3.63) is 52.5 Å². The zero-order chi connectivity index (χ0) is 16.4. The Morgan fingerprint density at radius 3 is 2.57 bits per heavy atom. The first-order chi connectivity index (χ1) is 11.0. The summed E-state index contributed by atoms with van der Waals surface area (Å²) in [5.41, 5.74) is 2.24. The topological polar surface area (TPSA) is 57.8 Å². The van der Waals surface area contributed by atoms with Crippen LogP contribution in [-0.4, -0.2) is 21.1 Å². The minimum absolute atomic E-state index is 0.189. The highest BCUT2D eigenvalue weighted by Crippen LogP contribution is 2.31. The maximum Gasteiger partial charge on any atom is 0.237 e. The lowest BCUT2D eigenvalue weighted by molar-refractivity contribution is -0.115. The van der Waals surface area contributed by atoms with E-state index >= 15 is 0 Å². The molecular weight excluding hydrogens is 353 g/mol. The lowest BCUT2D eigenvalue weighted by atomic mass is 10.3. The number of nitrogens with zero attached hydrogens (tertiary/aromatic N) is 1. The van der Waals surface area contributed by atoms with Crippen LogP contribution in [-0.2, 0) is 4.79 Å². The molecule has 0 fully saturated rings. The molecule has 0 aliphatic carbocycles. The van der Waals surface area contributed by atoms with E-state index in [9.17, 15) is 4.79 Å². The van der Waals surface area contributed by atoms with Gasteiger partial charge in [0.1, 0.15) is 0 Å². The summed E-state index contributed by atoms with van der Waals surface area (Å²) in [4.78, 5) is 20.0. The zero-order valence-electron chi connectivity index (χ0n) is 12.1.